The average molecular weight is 436 g/mol. The van der Waals surface area contributed by atoms with Gasteiger partial charge in [0, 0.05) is 25.7 Å². The summed E-state index contributed by atoms with van der Waals surface area (Å²) < 4.78 is 35.4. The first kappa shape index (κ1) is 21.5. The molecule has 1 aromatic heterocycles. The van der Waals surface area contributed by atoms with Gasteiger partial charge in [0.2, 0.25) is 5.95 Å². The number of ether oxygens (including phenoxy) is 1. The zero-order valence-corrected chi connectivity index (χ0v) is 17.9. The van der Waals surface area contributed by atoms with E-state index in [1.807, 2.05) is 4.90 Å². The molecule has 0 aliphatic carbocycles. The summed E-state index contributed by atoms with van der Waals surface area (Å²) in [5.74, 6) is -0.801. The van der Waals surface area contributed by atoms with Gasteiger partial charge in [-0.2, -0.15) is 5.26 Å². The van der Waals surface area contributed by atoms with Crippen LogP contribution in [0.1, 0.15) is 24.8 Å². The molecule has 0 saturated carbocycles. The van der Waals surface area contributed by atoms with E-state index in [2.05, 4.69) is 0 Å². The maximum absolute atomic E-state index is 14.5. The van der Waals surface area contributed by atoms with Crippen molar-refractivity contribution in [3.8, 4) is 34.2 Å². The molecule has 0 radical (unpaired) electrons. The zero-order valence-electron chi connectivity index (χ0n) is 17.9. The second kappa shape index (κ2) is 8.79. The van der Waals surface area contributed by atoms with E-state index in [-0.39, 0.29) is 28.1 Å². The molecule has 2 heterocycles. The van der Waals surface area contributed by atoms with Crippen LogP contribution < -0.4 is 15.2 Å². The second-order valence-electron chi connectivity index (χ2n) is 7.70. The summed E-state index contributed by atoms with van der Waals surface area (Å²) in [4.78, 5) is 20.3. The SMILES string of the molecule is COc1ccc(-c2c(-c3ccc(C#N)c(F)c3)nc(N3CCCCC3)n(C)c2=O)cc1F. The predicted octanol–water partition coefficient (Wildman–Crippen LogP) is 4.26. The number of benzene rings is 2. The molecule has 6 nitrogen and oxygen atoms in total. The summed E-state index contributed by atoms with van der Waals surface area (Å²) in [5, 5.41) is 9.07. The molecule has 4 rings (SSSR count). The molecule has 0 amide bonds. The summed E-state index contributed by atoms with van der Waals surface area (Å²) in [5.41, 5.74) is 0.557. The highest BCUT2D eigenvalue weighted by Gasteiger charge is 2.23. The third-order valence-electron chi connectivity index (χ3n) is 5.71. The molecule has 0 spiro atoms. The molecule has 1 aliphatic heterocycles. The number of nitrogens with zero attached hydrogens (tertiary/aromatic N) is 4. The van der Waals surface area contributed by atoms with E-state index >= 15 is 0 Å². The Hall–Kier alpha value is -3.73. The van der Waals surface area contributed by atoms with Gasteiger partial charge >= 0.3 is 0 Å². The first-order valence-electron chi connectivity index (χ1n) is 10.3. The van der Waals surface area contributed by atoms with Crippen LogP contribution in [0.15, 0.2) is 41.2 Å². The van der Waals surface area contributed by atoms with Gasteiger partial charge in [-0.1, -0.05) is 12.1 Å². The fourth-order valence-corrected chi connectivity index (χ4v) is 4.01. The molecule has 0 unspecified atom stereocenters. The summed E-state index contributed by atoms with van der Waals surface area (Å²) >= 11 is 0. The highest BCUT2D eigenvalue weighted by molar-refractivity contribution is 5.81. The number of anilines is 1. The third-order valence-corrected chi connectivity index (χ3v) is 5.71. The van der Waals surface area contributed by atoms with E-state index in [9.17, 15) is 13.6 Å². The van der Waals surface area contributed by atoms with Gasteiger partial charge in [0.1, 0.15) is 11.9 Å². The highest BCUT2D eigenvalue weighted by atomic mass is 19.1. The van der Waals surface area contributed by atoms with Crippen LogP contribution in [-0.4, -0.2) is 29.8 Å². The molecule has 3 aromatic rings. The quantitative estimate of drug-likeness (QED) is 0.611. The van der Waals surface area contributed by atoms with Crippen LogP contribution in [0.25, 0.3) is 22.4 Å². The van der Waals surface area contributed by atoms with Crippen LogP contribution in [0.4, 0.5) is 14.7 Å². The molecule has 0 atom stereocenters. The first-order valence-corrected chi connectivity index (χ1v) is 10.3. The standard InChI is InChI=1S/C24H22F2N4O2/c1-29-23(31)21(15-8-9-20(32-2)19(26)12-15)22(16-6-7-17(14-27)18(25)13-16)28-24(29)30-10-4-3-5-11-30/h6-9,12-13H,3-5,10-11H2,1-2H3. The Kier molecular flexibility index (Phi) is 5.91. The van der Waals surface area contributed by atoms with Crippen LogP contribution in [0, 0.1) is 23.0 Å². The Labute approximate surface area is 184 Å². The summed E-state index contributed by atoms with van der Waals surface area (Å²) in [6.07, 6.45) is 3.09. The molecule has 8 heteroatoms. The summed E-state index contributed by atoms with van der Waals surface area (Å²) in [7, 11) is 2.99. The van der Waals surface area contributed by atoms with Crippen molar-refractivity contribution < 1.29 is 13.5 Å². The van der Waals surface area contributed by atoms with Crippen LogP contribution in [0.5, 0.6) is 5.75 Å². The predicted molar refractivity (Wildman–Crippen MR) is 118 cm³/mol. The molecule has 0 bridgehead atoms. The van der Waals surface area contributed by atoms with Crippen LogP contribution >= 0.6 is 0 Å². The summed E-state index contributed by atoms with van der Waals surface area (Å²) in [6, 6.07) is 10.1. The molecule has 1 saturated heterocycles. The van der Waals surface area contributed by atoms with Gasteiger partial charge in [-0.3, -0.25) is 9.36 Å². The van der Waals surface area contributed by atoms with Crippen molar-refractivity contribution in [2.75, 3.05) is 25.1 Å². The number of hydrogen-bond acceptors (Lipinski definition) is 5. The maximum atomic E-state index is 14.5. The van der Waals surface area contributed by atoms with Crippen LogP contribution in [-0.2, 0) is 7.05 Å². The number of aromatic nitrogens is 2. The Morgan fingerprint density at radius 2 is 1.72 bits per heavy atom. The number of piperidine rings is 1. The molecule has 2 aromatic carbocycles. The summed E-state index contributed by atoms with van der Waals surface area (Å²) in [6.45, 7) is 1.52. The van der Waals surface area contributed by atoms with Crippen molar-refractivity contribution in [1.82, 2.24) is 9.55 Å². The largest absolute Gasteiger partial charge is 0.494 e. The minimum absolute atomic E-state index is 0.0504. The third kappa shape index (κ3) is 3.82. The van der Waals surface area contributed by atoms with Crippen molar-refractivity contribution >= 4 is 5.95 Å². The van der Waals surface area contributed by atoms with Gasteiger partial charge in [0.05, 0.1) is 23.9 Å². The fourth-order valence-electron chi connectivity index (χ4n) is 4.01. The van der Waals surface area contributed by atoms with Crippen LogP contribution in [0.2, 0.25) is 0 Å². The lowest BCUT2D eigenvalue weighted by Gasteiger charge is -2.29. The normalized spacial score (nSPS) is 13.7. The molecule has 0 N–H and O–H groups in total. The Morgan fingerprint density at radius 1 is 1.03 bits per heavy atom. The molecule has 164 valence electrons. The van der Waals surface area contributed by atoms with E-state index in [4.69, 9.17) is 15.0 Å². The molecular weight excluding hydrogens is 414 g/mol. The van der Waals surface area contributed by atoms with Crippen molar-refractivity contribution in [3.05, 3.63) is 63.9 Å². The molecular formula is C24H22F2N4O2. The van der Waals surface area contributed by atoms with Gasteiger partial charge in [-0.25, -0.2) is 13.8 Å². The van der Waals surface area contributed by atoms with E-state index < -0.39 is 11.6 Å². The van der Waals surface area contributed by atoms with Crippen molar-refractivity contribution in [1.29, 1.82) is 5.26 Å². The van der Waals surface area contributed by atoms with Crippen molar-refractivity contribution in [3.63, 3.8) is 0 Å². The zero-order chi connectivity index (χ0) is 22.8. The number of hydrogen-bond donors (Lipinski definition) is 0. The van der Waals surface area contributed by atoms with E-state index in [0.29, 0.717) is 17.1 Å². The lowest BCUT2D eigenvalue weighted by Crippen LogP contribution is -2.36. The molecule has 1 fully saturated rings. The first-order chi connectivity index (χ1) is 15.4. The number of rotatable bonds is 4. The van der Waals surface area contributed by atoms with Gasteiger partial charge < -0.3 is 9.64 Å². The van der Waals surface area contributed by atoms with E-state index in [1.54, 1.807) is 25.2 Å². The Balaban J connectivity index is 1.98. The van der Waals surface area contributed by atoms with Gasteiger partial charge in [0.25, 0.3) is 5.56 Å². The lowest BCUT2D eigenvalue weighted by molar-refractivity contribution is 0.386. The van der Waals surface area contributed by atoms with Crippen molar-refractivity contribution in [2.24, 2.45) is 7.05 Å². The average Bonchev–Trinajstić information content (AvgIpc) is 2.81. The monoisotopic (exact) mass is 436 g/mol. The number of nitriles is 1. The number of methoxy groups -OCH3 is 1. The van der Waals surface area contributed by atoms with Crippen molar-refractivity contribution in [2.45, 2.75) is 19.3 Å². The fraction of sp³-hybridized carbons (Fsp3) is 0.292. The smallest absolute Gasteiger partial charge is 0.263 e. The Morgan fingerprint density at radius 3 is 2.34 bits per heavy atom. The van der Waals surface area contributed by atoms with Gasteiger partial charge in [-0.05, 0) is 49.1 Å². The minimum atomic E-state index is -0.709. The van der Waals surface area contributed by atoms with Crippen LogP contribution in [0.3, 0.4) is 0 Å². The van der Waals surface area contributed by atoms with E-state index in [1.165, 1.54) is 35.9 Å². The van der Waals surface area contributed by atoms with Gasteiger partial charge in [-0.15, -0.1) is 0 Å². The lowest BCUT2D eigenvalue weighted by atomic mass is 9.99. The molecule has 1 aliphatic rings. The van der Waals surface area contributed by atoms with Gasteiger partial charge in [0.15, 0.2) is 11.6 Å². The number of halogens is 2. The second-order valence-corrected chi connectivity index (χ2v) is 7.70. The topological polar surface area (TPSA) is 71.2 Å². The van der Waals surface area contributed by atoms with E-state index in [0.717, 1.165) is 32.4 Å². The molecule has 32 heavy (non-hydrogen) atoms. The highest BCUT2D eigenvalue weighted by Crippen LogP contribution is 2.33. The minimum Gasteiger partial charge on any atom is -0.494 e. The Bertz CT molecular complexity index is 1270. The maximum Gasteiger partial charge on any atom is 0.263 e.